The zero-order valence-corrected chi connectivity index (χ0v) is 28.4. The van der Waals surface area contributed by atoms with Gasteiger partial charge in [-0.3, -0.25) is 0 Å². The summed E-state index contributed by atoms with van der Waals surface area (Å²) in [7, 11) is -5.35. The minimum atomic E-state index is -1.89. The predicted molar refractivity (Wildman–Crippen MR) is 165 cm³/mol. The van der Waals surface area contributed by atoms with E-state index in [1.165, 1.54) is 18.1 Å². The third kappa shape index (κ3) is 10.5. The lowest BCUT2D eigenvalue weighted by Gasteiger charge is -2.41. The maximum Gasteiger partial charge on any atom is 0.193 e. The summed E-state index contributed by atoms with van der Waals surface area (Å²) in [5.74, 6) is 2.89. The fourth-order valence-corrected chi connectivity index (χ4v) is 13.6. The first-order valence-corrected chi connectivity index (χ1v) is 22.5. The maximum atomic E-state index is 6.98. The number of hydrogen-bond donors (Lipinski definition) is 0. The summed E-state index contributed by atoms with van der Waals surface area (Å²) in [5.41, 5.74) is 0. The first-order chi connectivity index (χ1) is 17.2. The first kappa shape index (κ1) is 35.8. The minimum absolute atomic E-state index is 0.182. The van der Waals surface area contributed by atoms with E-state index >= 15 is 0 Å². The Kier molecular flexibility index (Phi) is 18.8. The van der Waals surface area contributed by atoms with E-state index in [1.807, 2.05) is 6.08 Å². The van der Waals surface area contributed by atoms with E-state index in [0.29, 0.717) is 13.0 Å². The van der Waals surface area contributed by atoms with Crippen molar-refractivity contribution in [1.29, 1.82) is 0 Å². The molecular formula is C29H60O4Si3. The summed E-state index contributed by atoms with van der Waals surface area (Å²) in [4.78, 5) is 0. The van der Waals surface area contributed by atoms with Gasteiger partial charge in [0.2, 0.25) is 0 Å². The van der Waals surface area contributed by atoms with E-state index in [0.717, 1.165) is 49.3 Å². The minimum Gasteiger partial charge on any atom is -0.417 e. The van der Waals surface area contributed by atoms with Gasteiger partial charge in [0.15, 0.2) is 25.0 Å². The molecule has 0 aromatic carbocycles. The molecule has 0 radical (unpaired) electrons. The fraction of sp³-hybridized carbons (Fsp3) is 0.862. The van der Waals surface area contributed by atoms with Crippen molar-refractivity contribution in [1.82, 2.24) is 0 Å². The van der Waals surface area contributed by atoms with Crippen LogP contribution >= 0.6 is 0 Å². The molecule has 0 N–H and O–H groups in total. The van der Waals surface area contributed by atoms with E-state index in [9.17, 15) is 0 Å². The van der Waals surface area contributed by atoms with Crippen molar-refractivity contribution in [3.8, 4) is 12.3 Å². The van der Waals surface area contributed by atoms with Crippen LogP contribution in [0.1, 0.15) is 75.2 Å². The van der Waals surface area contributed by atoms with E-state index in [-0.39, 0.29) is 18.3 Å². The zero-order valence-electron chi connectivity index (χ0n) is 25.4. The molecule has 4 nitrogen and oxygen atoms in total. The molecule has 0 saturated carbocycles. The SMILES string of the molecule is C#CC[C@H](O[Si](CC)(CC)CC)[C@@H](OCCCO[Si](CC)(CC)CC)[C@H](C=C)O[Si](CC)(CC)CC. The van der Waals surface area contributed by atoms with Crippen LogP contribution in [-0.2, 0) is 18.0 Å². The van der Waals surface area contributed by atoms with Gasteiger partial charge in [-0.2, -0.15) is 0 Å². The largest absolute Gasteiger partial charge is 0.417 e. The maximum absolute atomic E-state index is 6.98. The van der Waals surface area contributed by atoms with Crippen LogP contribution in [0.25, 0.3) is 0 Å². The Bertz CT molecular complexity index is 585. The molecule has 212 valence electrons. The Morgan fingerprint density at radius 2 is 1.14 bits per heavy atom. The van der Waals surface area contributed by atoms with Crippen LogP contribution in [0.15, 0.2) is 12.7 Å². The number of terminal acetylenes is 1. The second kappa shape index (κ2) is 18.9. The molecule has 0 aliphatic heterocycles. The van der Waals surface area contributed by atoms with Crippen molar-refractivity contribution >= 4 is 25.0 Å². The summed E-state index contributed by atoms with van der Waals surface area (Å²) in [6, 6.07) is 10.0. The summed E-state index contributed by atoms with van der Waals surface area (Å²) >= 11 is 0. The van der Waals surface area contributed by atoms with Crippen molar-refractivity contribution in [3.05, 3.63) is 12.7 Å². The number of ether oxygens (including phenoxy) is 1. The van der Waals surface area contributed by atoms with Crippen LogP contribution in [0.3, 0.4) is 0 Å². The molecule has 0 aliphatic carbocycles. The van der Waals surface area contributed by atoms with Crippen LogP contribution in [0.2, 0.25) is 54.4 Å². The Labute approximate surface area is 228 Å². The fourth-order valence-electron chi connectivity index (χ4n) is 5.24. The number of hydrogen-bond acceptors (Lipinski definition) is 4. The highest BCUT2D eigenvalue weighted by Crippen LogP contribution is 2.31. The van der Waals surface area contributed by atoms with Crippen LogP contribution in [-0.4, -0.2) is 56.5 Å². The molecule has 0 spiro atoms. The van der Waals surface area contributed by atoms with Gasteiger partial charge < -0.3 is 18.0 Å². The molecule has 3 atom stereocenters. The number of rotatable bonds is 23. The highest BCUT2D eigenvalue weighted by Gasteiger charge is 2.41. The average molecular weight is 557 g/mol. The standard InChI is InChI=1S/C29H60O4Si3/c1-12-24-28(33-36(20-9,21-10)22-11)29(27(13-2)32-35(17-6,18-7)19-8)30-25-23-26-31-34(14-3,15-4)16-5/h1,13,27-29H,2,14-26H2,3-11H3/t27-,28-,29-/m0/s1. The van der Waals surface area contributed by atoms with Gasteiger partial charge in [-0.05, 0) is 60.8 Å². The molecule has 0 aliphatic rings. The molecule has 0 bridgehead atoms. The third-order valence-electron chi connectivity index (χ3n) is 8.84. The molecule has 0 fully saturated rings. The predicted octanol–water partition coefficient (Wildman–Crippen LogP) is 8.77. The van der Waals surface area contributed by atoms with Crippen molar-refractivity contribution in [2.45, 2.75) is 148 Å². The summed E-state index contributed by atoms with van der Waals surface area (Å²) in [6.45, 7) is 25.9. The van der Waals surface area contributed by atoms with Crippen molar-refractivity contribution in [2.75, 3.05) is 13.2 Å². The Hall–Kier alpha value is -0.209. The van der Waals surface area contributed by atoms with Gasteiger partial charge >= 0.3 is 0 Å². The van der Waals surface area contributed by atoms with Crippen LogP contribution in [0.5, 0.6) is 0 Å². The van der Waals surface area contributed by atoms with Gasteiger partial charge in [0.05, 0.1) is 12.2 Å². The van der Waals surface area contributed by atoms with Gasteiger partial charge in [0.1, 0.15) is 6.10 Å². The molecule has 0 amide bonds. The van der Waals surface area contributed by atoms with Gasteiger partial charge in [-0.1, -0.05) is 68.4 Å². The normalized spacial score (nSPS) is 15.3. The average Bonchev–Trinajstić information content (AvgIpc) is 2.93. The second-order valence-electron chi connectivity index (χ2n) is 10.2. The van der Waals surface area contributed by atoms with Gasteiger partial charge in [-0.25, -0.2) is 0 Å². The topological polar surface area (TPSA) is 36.9 Å². The van der Waals surface area contributed by atoms with Crippen LogP contribution < -0.4 is 0 Å². The van der Waals surface area contributed by atoms with Gasteiger partial charge in [0, 0.05) is 19.6 Å². The van der Waals surface area contributed by atoms with Crippen LogP contribution in [0.4, 0.5) is 0 Å². The highest BCUT2D eigenvalue weighted by molar-refractivity contribution is 6.74. The second-order valence-corrected chi connectivity index (χ2v) is 24.4. The Morgan fingerprint density at radius 3 is 1.53 bits per heavy atom. The zero-order chi connectivity index (χ0) is 27.7. The third-order valence-corrected chi connectivity index (χ3v) is 22.8. The quantitative estimate of drug-likeness (QED) is 0.0545. The Morgan fingerprint density at radius 1 is 0.694 bits per heavy atom. The van der Waals surface area contributed by atoms with Gasteiger partial charge in [0.25, 0.3) is 0 Å². The molecule has 36 heavy (non-hydrogen) atoms. The van der Waals surface area contributed by atoms with E-state index in [4.69, 9.17) is 24.4 Å². The lowest BCUT2D eigenvalue weighted by atomic mass is 10.1. The molecule has 7 heteroatoms. The molecular weight excluding hydrogens is 497 g/mol. The molecule has 0 unspecified atom stereocenters. The van der Waals surface area contributed by atoms with Crippen molar-refractivity contribution < 1.29 is 18.0 Å². The summed E-state index contributed by atoms with van der Waals surface area (Å²) < 4.78 is 27.1. The smallest absolute Gasteiger partial charge is 0.193 e. The van der Waals surface area contributed by atoms with Crippen LogP contribution in [0, 0.1) is 12.3 Å². The molecule has 0 saturated heterocycles. The van der Waals surface area contributed by atoms with Crippen molar-refractivity contribution in [2.24, 2.45) is 0 Å². The Balaban J connectivity index is 5.87. The molecule has 0 aromatic rings. The summed E-state index contributed by atoms with van der Waals surface area (Å²) in [6.07, 6.45) is 8.56. The first-order valence-electron chi connectivity index (χ1n) is 14.9. The lowest BCUT2D eigenvalue weighted by molar-refractivity contribution is -0.0761. The van der Waals surface area contributed by atoms with E-state index in [1.54, 1.807) is 0 Å². The lowest BCUT2D eigenvalue weighted by Crippen LogP contribution is -2.52. The monoisotopic (exact) mass is 556 g/mol. The van der Waals surface area contributed by atoms with E-state index < -0.39 is 25.0 Å². The summed E-state index contributed by atoms with van der Waals surface area (Å²) in [5, 5.41) is 0. The highest BCUT2D eigenvalue weighted by atomic mass is 28.4. The van der Waals surface area contributed by atoms with Gasteiger partial charge in [-0.15, -0.1) is 18.9 Å². The van der Waals surface area contributed by atoms with E-state index in [2.05, 4.69) is 74.8 Å². The molecule has 0 heterocycles. The van der Waals surface area contributed by atoms with Crippen molar-refractivity contribution in [3.63, 3.8) is 0 Å². The molecule has 0 rings (SSSR count). The molecule has 0 aromatic heterocycles.